The van der Waals surface area contributed by atoms with Crippen LogP contribution >= 0.6 is 0 Å². The minimum absolute atomic E-state index is 0.495. The van der Waals surface area contributed by atoms with E-state index in [1.165, 1.54) is 0 Å². The summed E-state index contributed by atoms with van der Waals surface area (Å²) in [5.41, 5.74) is 3.05. The summed E-state index contributed by atoms with van der Waals surface area (Å²) in [5, 5.41) is 28.4. The van der Waals surface area contributed by atoms with Crippen LogP contribution in [0.1, 0.15) is 6.42 Å². The summed E-state index contributed by atoms with van der Waals surface area (Å²) in [6.45, 7) is 0. The molecule has 11 heavy (non-hydrogen) atoms. The third-order valence-corrected chi connectivity index (χ3v) is 1.11. The highest BCUT2D eigenvalue weighted by atomic mass is 16.4. The minimum atomic E-state index is -1.80. The lowest BCUT2D eigenvalue weighted by Gasteiger charge is -2.14. The van der Waals surface area contributed by atoms with Crippen LogP contribution in [-0.2, 0) is 9.59 Å². The monoisotopic (exact) mass is 162 g/mol. The van der Waals surface area contributed by atoms with Gasteiger partial charge in [-0.2, -0.15) is 0 Å². The fourth-order valence-electron chi connectivity index (χ4n) is 0.462. The van der Waals surface area contributed by atoms with Crippen molar-refractivity contribution in [1.82, 2.24) is 0 Å². The van der Waals surface area contributed by atoms with Gasteiger partial charge in [-0.15, -0.1) is 0 Å². The molecular formula is C5H8NO5-. The van der Waals surface area contributed by atoms with Crippen molar-refractivity contribution < 1.29 is 30.6 Å². The second-order valence-electron chi connectivity index (χ2n) is 2.09. The Hall–Kier alpha value is -1.14. The lowest BCUT2D eigenvalue weighted by Crippen LogP contribution is -2.69. The summed E-state index contributed by atoms with van der Waals surface area (Å²) in [6.07, 6.45) is -2.29. The highest BCUT2D eigenvalue weighted by Crippen LogP contribution is 1.91. The Morgan fingerprint density at radius 3 is 2.09 bits per heavy atom. The fraction of sp³-hybridized carbons (Fsp3) is 0.600. The molecule has 2 atom stereocenters. The van der Waals surface area contributed by atoms with Gasteiger partial charge < -0.3 is 30.6 Å². The molecule has 0 amide bonds. The second kappa shape index (κ2) is 3.89. The Morgan fingerprint density at radius 2 is 1.82 bits per heavy atom. The fourth-order valence-corrected chi connectivity index (χ4v) is 0.462. The van der Waals surface area contributed by atoms with Crippen molar-refractivity contribution >= 4 is 11.9 Å². The van der Waals surface area contributed by atoms with E-state index < -0.39 is 30.5 Å². The van der Waals surface area contributed by atoms with Crippen LogP contribution in [-0.4, -0.2) is 29.2 Å². The van der Waals surface area contributed by atoms with Crippen LogP contribution in [0.3, 0.4) is 0 Å². The van der Waals surface area contributed by atoms with E-state index in [0.29, 0.717) is 0 Å². The number of hydrogen-bond donors (Lipinski definition) is 2. The summed E-state index contributed by atoms with van der Waals surface area (Å²) in [4.78, 5) is 19.8. The summed E-state index contributed by atoms with van der Waals surface area (Å²) in [6, 6.07) is -1.23. The zero-order valence-electron chi connectivity index (χ0n) is 5.65. The van der Waals surface area contributed by atoms with Crippen LogP contribution in [0, 0.1) is 0 Å². The van der Waals surface area contributed by atoms with Crippen LogP contribution in [0.5, 0.6) is 0 Å². The Bertz CT molecular complexity index is 150. The standard InChI is InChI=1S/C5H9NO5/c6-2(4(8)9)1-3(7)5(10)11/h2-3,7H,1,6H2,(H,8,9)(H,10,11)/p-1/t2-,3-/m0/s1. The quantitative estimate of drug-likeness (QED) is 0.427. The SMILES string of the molecule is [NH3+][C@@H](C[C@H](O)C(=O)[O-])C(=O)[O-]. The van der Waals surface area contributed by atoms with Gasteiger partial charge in [0.25, 0.3) is 0 Å². The zero-order valence-corrected chi connectivity index (χ0v) is 5.65. The minimum Gasteiger partial charge on any atom is -0.547 e. The Balaban J connectivity index is 3.84. The Labute approximate surface area is 62.2 Å². The molecule has 0 saturated heterocycles. The van der Waals surface area contributed by atoms with Crippen molar-refractivity contribution in [2.24, 2.45) is 0 Å². The molecule has 0 heterocycles. The largest absolute Gasteiger partial charge is 0.547 e. The van der Waals surface area contributed by atoms with Crippen molar-refractivity contribution in [2.45, 2.75) is 18.6 Å². The number of aliphatic hydroxyl groups excluding tert-OH is 1. The van der Waals surface area contributed by atoms with E-state index in [1.54, 1.807) is 0 Å². The first-order valence-electron chi connectivity index (χ1n) is 2.88. The van der Waals surface area contributed by atoms with Gasteiger partial charge in [-0.05, 0) is 0 Å². The summed E-state index contributed by atoms with van der Waals surface area (Å²) < 4.78 is 0. The first-order valence-corrected chi connectivity index (χ1v) is 2.88. The Morgan fingerprint density at radius 1 is 1.36 bits per heavy atom. The van der Waals surface area contributed by atoms with Gasteiger partial charge in [-0.25, -0.2) is 0 Å². The van der Waals surface area contributed by atoms with E-state index in [9.17, 15) is 19.8 Å². The highest BCUT2D eigenvalue weighted by Gasteiger charge is 2.14. The van der Waals surface area contributed by atoms with E-state index >= 15 is 0 Å². The van der Waals surface area contributed by atoms with E-state index in [1.807, 2.05) is 0 Å². The average Bonchev–Trinajstić information content (AvgIpc) is 1.87. The number of quaternary nitrogens is 1. The van der Waals surface area contributed by atoms with Crippen LogP contribution in [0.15, 0.2) is 0 Å². The van der Waals surface area contributed by atoms with Crippen molar-refractivity contribution in [3.8, 4) is 0 Å². The topological polar surface area (TPSA) is 128 Å². The molecule has 6 nitrogen and oxygen atoms in total. The second-order valence-corrected chi connectivity index (χ2v) is 2.09. The zero-order chi connectivity index (χ0) is 9.02. The smallest absolute Gasteiger partial charge is 0.127 e. The maximum atomic E-state index is 9.96. The number of hydrogen-bond acceptors (Lipinski definition) is 5. The van der Waals surface area contributed by atoms with Gasteiger partial charge in [0.2, 0.25) is 0 Å². The van der Waals surface area contributed by atoms with Crippen molar-refractivity contribution in [2.75, 3.05) is 0 Å². The molecule has 0 spiro atoms. The molecule has 4 N–H and O–H groups in total. The van der Waals surface area contributed by atoms with Crippen molar-refractivity contribution in [3.63, 3.8) is 0 Å². The maximum absolute atomic E-state index is 9.96. The predicted molar refractivity (Wildman–Crippen MR) is 27.3 cm³/mol. The summed E-state index contributed by atoms with van der Waals surface area (Å²) >= 11 is 0. The molecule has 6 heteroatoms. The van der Waals surface area contributed by atoms with Crippen LogP contribution in [0.2, 0.25) is 0 Å². The molecular weight excluding hydrogens is 154 g/mol. The van der Waals surface area contributed by atoms with E-state index in [0.717, 1.165) is 0 Å². The van der Waals surface area contributed by atoms with Gasteiger partial charge in [-0.1, -0.05) is 0 Å². The lowest BCUT2D eigenvalue weighted by atomic mass is 10.1. The molecule has 0 aromatic heterocycles. The number of rotatable bonds is 4. The first-order chi connectivity index (χ1) is 4.95. The molecule has 0 saturated carbocycles. The highest BCUT2D eigenvalue weighted by molar-refractivity contribution is 5.73. The number of carboxylic acids is 2. The number of aliphatic hydroxyl groups is 1. The first kappa shape index (κ1) is 9.86. The number of carbonyl (C=O) groups is 2. The molecule has 0 radical (unpaired) electrons. The molecule has 0 unspecified atom stereocenters. The number of aliphatic carboxylic acids is 2. The molecule has 0 rings (SSSR count). The van der Waals surface area contributed by atoms with Crippen molar-refractivity contribution in [3.05, 3.63) is 0 Å². The van der Waals surface area contributed by atoms with Gasteiger partial charge in [0, 0.05) is 6.42 Å². The third-order valence-electron chi connectivity index (χ3n) is 1.11. The lowest BCUT2D eigenvalue weighted by molar-refractivity contribution is -0.441. The average molecular weight is 162 g/mol. The van der Waals surface area contributed by atoms with Gasteiger partial charge in [0.15, 0.2) is 0 Å². The van der Waals surface area contributed by atoms with Gasteiger partial charge in [-0.3, -0.25) is 0 Å². The van der Waals surface area contributed by atoms with Gasteiger partial charge >= 0.3 is 0 Å². The van der Waals surface area contributed by atoms with Gasteiger partial charge in [0.05, 0.1) is 18.0 Å². The van der Waals surface area contributed by atoms with E-state index in [4.69, 9.17) is 5.11 Å². The Kier molecular flexibility index (Phi) is 3.49. The van der Waals surface area contributed by atoms with E-state index in [-0.39, 0.29) is 0 Å². The molecule has 0 aliphatic heterocycles. The molecule has 0 aliphatic carbocycles. The van der Waals surface area contributed by atoms with Crippen LogP contribution in [0.4, 0.5) is 0 Å². The number of carbonyl (C=O) groups excluding carboxylic acids is 2. The molecule has 0 aromatic rings. The predicted octanol–water partition coefficient (Wildman–Crippen LogP) is -5.15. The van der Waals surface area contributed by atoms with Crippen molar-refractivity contribution in [1.29, 1.82) is 0 Å². The molecule has 64 valence electrons. The van der Waals surface area contributed by atoms with E-state index in [2.05, 4.69) is 5.73 Å². The number of carboxylic acid groups (broad SMARTS) is 2. The molecule has 0 aromatic carbocycles. The normalized spacial score (nSPS) is 15.5. The maximum Gasteiger partial charge on any atom is 0.127 e. The molecule has 0 bridgehead atoms. The van der Waals surface area contributed by atoms with Gasteiger partial charge in [0.1, 0.15) is 6.04 Å². The third kappa shape index (κ3) is 3.54. The summed E-state index contributed by atoms with van der Waals surface area (Å²) in [5.74, 6) is -3.20. The molecule has 0 aliphatic rings. The van der Waals surface area contributed by atoms with Crippen LogP contribution in [0.25, 0.3) is 0 Å². The summed E-state index contributed by atoms with van der Waals surface area (Å²) in [7, 11) is 0. The van der Waals surface area contributed by atoms with Crippen LogP contribution < -0.4 is 15.9 Å². The molecule has 0 fully saturated rings.